The summed E-state index contributed by atoms with van der Waals surface area (Å²) in [6.07, 6.45) is 0.767. The minimum Gasteiger partial charge on any atom is -0.493 e. The minimum atomic E-state index is -0.375. The second-order valence-corrected chi connectivity index (χ2v) is 7.91. The van der Waals surface area contributed by atoms with Gasteiger partial charge in [0.05, 0.1) is 13.2 Å². The van der Waals surface area contributed by atoms with Crippen LogP contribution in [0.25, 0.3) is 0 Å². The number of halogens is 1. The Morgan fingerprint density at radius 3 is 2.59 bits per heavy atom. The van der Waals surface area contributed by atoms with Crippen molar-refractivity contribution in [3.63, 3.8) is 0 Å². The number of nitrogens with zero attached hydrogens (tertiary/aromatic N) is 1. The van der Waals surface area contributed by atoms with Crippen LogP contribution in [0.1, 0.15) is 17.2 Å². The molecule has 2 heterocycles. The topological polar surface area (TPSA) is 33.7 Å². The molecule has 2 aromatic carbocycles. The lowest BCUT2D eigenvalue weighted by Crippen LogP contribution is -2.40. The van der Waals surface area contributed by atoms with Crippen molar-refractivity contribution >= 4 is 0 Å². The SMILES string of the molecule is COc1cccc(F)c1OC1c2ccccc2CC1N1CC2CNCC2C1. The molecular weight excluding hydrogens is 343 g/mol. The lowest BCUT2D eigenvalue weighted by molar-refractivity contribution is 0.0831. The molecule has 142 valence electrons. The number of nitrogens with one attached hydrogen (secondary N) is 1. The standard InChI is InChI=1S/C22H25FN2O2/c1-26-20-8-4-7-18(23)22(20)27-21-17-6-3-2-5-14(17)9-19(21)25-12-15-10-24-11-16(15)13-25/h2-8,15-16,19,21,24H,9-13H2,1H3. The highest BCUT2D eigenvalue weighted by atomic mass is 19.1. The maximum atomic E-state index is 14.5. The van der Waals surface area contributed by atoms with E-state index in [0.29, 0.717) is 5.75 Å². The summed E-state index contributed by atoms with van der Waals surface area (Å²) in [5.41, 5.74) is 2.47. The number of likely N-dealkylation sites (tertiary alicyclic amines) is 1. The molecule has 0 amide bonds. The van der Waals surface area contributed by atoms with Gasteiger partial charge in [-0.25, -0.2) is 4.39 Å². The van der Waals surface area contributed by atoms with Crippen molar-refractivity contribution in [2.24, 2.45) is 11.8 Å². The second-order valence-electron chi connectivity index (χ2n) is 7.91. The molecule has 3 aliphatic rings. The van der Waals surface area contributed by atoms with Gasteiger partial charge in [0.15, 0.2) is 17.3 Å². The summed E-state index contributed by atoms with van der Waals surface area (Å²) in [4.78, 5) is 2.56. The summed E-state index contributed by atoms with van der Waals surface area (Å²) in [6, 6.07) is 13.5. The number of hydrogen-bond donors (Lipinski definition) is 1. The highest BCUT2D eigenvalue weighted by molar-refractivity contribution is 5.43. The van der Waals surface area contributed by atoms with Crippen molar-refractivity contribution in [3.8, 4) is 11.5 Å². The summed E-state index contributed by atoms with van der Waals surface area (Å²) < 4.78 is 26.2. The lowest BCUT2D eigenvalue weighted by Gasteiger charge is -2.31. The van der Waals surface area contributed by atoms with Gasteiger partial charge in [0.25, 0.3) is 0 Å². The average Bonchev–Trinajstić information content (AvgIpc) is 3.36. The predicted octanol–water partition coefficient (Wildman–Crippen LogP) is 3.03. The number of benzene rings is 2. The van der Waals surface area contributed by atoms with E-state index >= 15 is 0 Å². The quantitative estimate of drug-likeness (QED) is 0.900. The van der Waals surface area contributed by atoms with E-state index in [1.807, 2.05) is 6.07 Å². The maximum Gasteiger partial charge on any atom is 0.197 e. The summed E-state index contributed by atoms with van der Waals surface area (Å²) in [5, 5.41) is 3.50. The van der Waals surface area contributed by atoms with Crippen molar-refractivity contribution in [1.82, 2.24) is 10.2 Å². The van der Waals surface area contributed by atoms with Crippen LogP contribution in [0.5, 0.6) is 11.5 Å². The van der Waals surface area contributed by atoms with Crippen LogP contribution in [-0.4, -0.2) is 44.2 Å². The van der Waals surface area contributed by atoms with Gasteiger partial charge in [-0.05, 0) is 54.6 Å². The van der Waals surface area contributed by atoms with Gasteiger partial charge >= 0.3 is 0 Å². The van der Waals surface area contributed by atoms with Gasteiger partial charge in [-0.15, -0.1) is 0 Å². The Kier molecular flexibility index (Phi) is 4.29. The molecule has 4 nitrogen and oxygen atoms in total. The Balaban J connectivity index is 1.47. The van der Waals surface area contributed by atoms with Crippen LogP contribution in [0, 0.1) is 17.7 Å². The van der Waals surface area contributed by atoms with E-state index in [4.69, 9.17) is 9.47 Å². The van der Waals surface area contributed by atoms with E-state index in [-0.39, 0.29) is 23.7 Å². The van der Waals surface area contributed by atoms with Crippen LogP contribution in [0.15, 0.2) is 42.5 Å². The molecule has 0 spiro atoms. The fourth-order valence-corrected chi connectivity index (χ4v) is 5.05. The largest absolute Gasteiger partial charge is 0.493 e. The van der Waals surface area contributed by atoms with Gasteiger partial charge in [0.1, 0.15) is 6.10 Å². The van der Waals surface area contributed by atoms with Crippen molar-refractivity contribution in [3.05, 3.63) is 59.4 Å². The van der Waals surface area contributed by atoms with Gasteiger partial charge < -0.3 is 14.8 Å². The van der Waals surface area contributed by atoms with E-state index in [2.05, 4.69) is 28.4 Å². The zero-order chi connectivity index (χ0) is 18.4. The highest BCUT2D eigenvalue weighted by Gasteiger charge is 2.45. The van der Waals surface area contributed by atoms with E-state index < -0.39 is 0 Å². The maximum absolute atomic E-state index is 14.5. The first-order chi connectivity index (χ1) is 13.2. The van der Waals surface area contributed by atoms with Gasteiger partial charge in [0, 0.05) is 13.1 Å². The average molecular weight is 368 g/mol. The molecule has 1 aliphatic carbocycles. The van der Waals surface area contributed by atoms with Gasteiger partial charge in [0.2, 0.25) is 0 Å². The van der Waals surface area contributed by atoms with Crippen molar-refractivity contribution in [2.75, 3.05) is 33.3 Å². The molecule has 0 bridgehead atoms. The number of methoxy groups -OCH3 is 1. The Bertz CT molecular complexity index is 831. The zero-order valence-corrected chi connectivity index (χ0v) is 15.5. The Hall–Kier alpha value is -2.11. The number of ether oxygens (including phenoxy) is 2. The van der Waals surface area contributed by atoms with E-state index in [1.54, 1.807) is 19.2 Å². The summed E-state index contributed by atoms with van der Waals surface area (Å²) in [5.74, 6) is 1.73. The van der Waals surface area contributed by atoms with Crippen molar-refractivity contribution < 1.29 is 13.9 Å². The van der Waals surface area contributed by atoms with Crippen LogP contribution in [-0.2, 0) is 6.42 Å². The molecule has 4 atom stereocenters. The van der Waals surface area contributed by atoms with Gasteiger partial charge in [-0.2, -0.15) is 0 Å². The molecule has 2 fully saturated rings. The van der Waals surface area contributed by atoms with Gasteiger partial charge in [-0.3, -0.25) is 4.90 Å². The number of hydrogen-bond acceptors (Lipinski definition) is 4. The second kappa shape index (κ2) is 6.80. The minimum absolute atomic E-state index is 0.182. The Morgan fingerprint density at radius 1 is 1.04 bits per heavy atom. The van der Waals surface area contributed by atoms with E-state index in [1.165, 1.54) is 17.2 Å². The zero-order valence-electron chi connectivity index (χ0n) is 15.5. The molecule has 1 N–H and O–H groups in total. The first-order valence-corrected chi connectivity index (χ1v) is 9.76. The van der Waals surface area contributed by atoms with Crippen LogP contribution in [0.3, 0.4) is 0 Å². The van der Waals surface area contributed by atoms with E-state index in [9.17, 15) is 4.39 Å². The van der Waals surface area contributed by atoms with Gasteiger partial charge in [-0.1, -0.05) is 30.3 Å². The Morgan fingerprint density at radius 2 is 1.81 bits per heavy atom. The lowest BCUT2D eigenvalue weighted by atomic mass is 10.0. The Labute approximate surface area is 159 Å². The van der Waals surface area contributed by atoms with Crippen LogP contribution in [0.2, 0.25) is 0 Å². The summed E-state index contributed by atoms with van der Waals surface area (Å²) >= 11 is 0. The molecular formula is C22H25FN2O2. The molecule has 4 unspecified atom stereocenters. The number of para-hydroxylation sites is 1. The first kappa shape index (κ1) is 17.0. The molecule has 2 aromatic rings. The molecule has 2 aliphatic heterocycles. The predicted molar refractivity (Wildman–Crippen MR) is 102 cm³/mol. The van der Waals surface area contributed by atoms with Crippen LogP contribution >= 0.6 is 0 Å². The first-order valence-electron chi connectivity index (χ1n) is 9.76. The highest BCUT2D eigenvalue weighted by Crippen LogP contribution is 2.43. The van der Waals surface area contributed by atoms with Crippen LogP contribution < -0.4 is 14.8 Å². The van der Waals surface area contributed by atoms with E-state index in [0.717, 1.165) is 44.4 Å². The third kappa shape index (κ3) is 2.89. The normalized spacial score (nSPS) is 29.6. The monoisotopic (exact) mass is 368 g/mol. The summed E-state index contributed by atoms with van der Waals surface area (Å²) in [7, 11) is 1.55. The summed E-state index contributed by atoms with van der Waals surface area (Å²) in [6.45, 7) is 4.39. The molecule has 2 saturated heterocycles. The smallest absolute Gasteiger partial charge is 0.197 e. The molecule has 0 saturated carbocycles. The fourth-order valence-electron chi connectivity index (χ4n) is 5.05. The molecule has 5 heteroatoms. The molecule has 5 rings (SSSR count). The molecule has 27 heavy (non-hydrogen) atoms. The van der Waals surface area contributed by atoms with Crippen molar-refractivity contribution in [2.45, 2.75) is 18.6 Å². The molecule has 0 aromatic heterocycles. The number of rotatable bonds is 4. The fraction of sp³-hybridized carbons (Fsp3) is 0.455. The van der Waals surface area contributed by atoms with Crippen LogP contribution in [0.4, 0.5) is 4.39 Å². The third-order valence-corrected chi connectivity index (χ3v) is 6.42. The number of fused-ring (bicyclic) bond motifs is 2. The molecule has 0 radical (unpaired) electrons. The third-order valence-electron chi connectivity index (χ3n) is 6.42. The van der Waals surface area contributed by atoms with Crippen molar-refractivity contribution in [1.29, 1.82) is 0 Å².